The van der Waals surface area contributed by atoms with Crippen molar-refractivity contribution in [1.82, 2.24) is 14.8 Å². The van der Waals surface area contributed by atoms with Crippen molar-refractivity contribution >= 4 is 22.4 Å². The molecule has 0 spiro atoms. The second kappa shape index (κ2) is 6.21. The Hall–Kier alpha value is -2.96. The smallest absolute Gasteiger partial charge is 0.270 e. The van der Waals surface area contributed by atoms with Gasteiger partial charge in [0.15, 0.2) is 0 Å². The first-order valence-corrected chi connectivity index (χ1v) is 6.99. The van der Waals surface area contributed by atoms with Crippen molar-refractivity contribution in [3.63, 3.8) is 0 Å². The van der Waals surface area contributed by atoms with Gasteiger partial charge in [-0.25, -0.2) is 4.98 Å². The predicted octanol–water partition coefficient (Wildman–Crippen LogP) is 2.84. The average molecular weight is 297 g/mol. The summed E-state index contributed by atoms with van der Waals surface area (Å²) in [6.07, 6.45) is 4.29. The lowest BCUT2D eigenvalue weighted by molar-refractivity contribution is -0.384. The number of hydrogen-bond acceptors (Lipinski definition) is 5. The van der Waals surface area contributed by atoms with Gasteiger partial charge in [0.2, 0.25) is 0 Å². The van der Waals surface area contributed by atoms with Crippen molar-refractivity contribution < 1.29 is 4.92 Å². The minimum atomic E-state index is -0.395. The standard InChI is InChI=1S/C15H15N5O2/c21-20(22)13-5-6-14-12(10-13)11-18-19(14)9-3-8-17-15-4-1-2-7-16-15/h1-2,4-7,10-11H,3,8-9H2,(H,16,17). The number of nitrogens with one attached hydrogen (secondary N) is 1. The molecule has 0 aliphatic rings. The van der Waals surface area contributed by atoms with Crippen LogP contribution in [0.1, 0.15) is 6.42 Å². The van der Waals surface area contributed by atoms with Crippen LogP contribution in [0.15, 0.2) is 48.8 Å². The molecule has 0 fully saturated rings. The number of aromatic nitrogens is 3. The zero-order valence-electron chi connectivity index (χ0n) is 11.8. The lowest BCUT2D eigenvalue weighted by Crippen LogP contribution is -2.08. The maximum absolute atomic E-state index is 10.8. The molecule has 2 aromatic heterocycles. The highest BCUT2D eigenvalue weighted by Gasteiger charge is 2.09. The molecule has 0 amide bonds. The number of rotatable bonds is 6. The molecule has 7 nitrogen and oxygen atoms in total. The van der Waals surface area contributed by atoms with Crippen LogP contribution >= 0.6 is 0 Å². The molecular formula is C15H15N5O2. The van der Waals surface area contributed by atoms with Gasteiger partial charge in [0, 0.05) is 36.8 Å². The molecule has 1 aromatic carbocycles. The van der Waals surface area contributed by atoms with Gasteiger partial charge in [-0.15, -0.1) is 0 Å². The fourth-order valence-corrected chi connectivity index (χ4v) is 2.28. The summed E-state index contributed by atoms with van der Waals surface area (Å²) in [6, 6.07) is 10.5. The summed E-state index contributed by atoms with van der Waals surface area (Å²) in [5.74, 6) is 0.850. The summed E-state index contributed by atoms with van der Waals surface area (Å²) in [4.78, 5) is 14.6. The van der Waals surface area contributed by atoms with Crippen LogP contribution in [0.2, 0.25) is 0 Å². The van der Waals surface area contributed by atoms with E-state index in [1.54, 1.807) is 24.5 Å². The highest BCUT2D eigenvalue weighted by atomic mass is 16.6. The molecule has 2 heterocycles. The number of anilines is 1. The molecule has 0 saturated heterocycles. The van der Waals surface area contributed by atoms with Crippen molar-refractivity contribution in [1.29, 1.82) is 0 Å². The summed E-state index contributed by atoms with van der Waals surface area (Å²) >= 11 is 0. The highest BCUT2D eigenvalue weighted by molar-refractivity contribution is 5.81. The molecule has 7 heteroatoms. The van der Waals surface area contributed by atoms with Crippen LogP contribution in [-0.4, -0.2) is 26.2 Å². The molecule has 0 atom stereocenters. The zero-order chi connectivity index (χ0) is 15.4. The highest BCUT2D eigenvalue weighted by Crippen LogP contribution is 2.20. The summed E-state index contributed by atoms with van der Waals surface area (Å²) in [6.45, 7) is 1.52. The molecule has 112 valence electrons. The number of aryl methyl sites for hydroxylation is 1. The van der Waals surface area contributed by atoms with Gasteiger partial charge in [-0.2, -0.15) is 5.10 Å². The van der Waals surface area contributed by atoms with Crippen LogP contribution in [0.3, 0.4) is 0 Å². The Morgan fingerprint density at radius 1 is 1.27 bits per heavy atom. The topological polar surface area (TPSA) is 85.9 Å². The van der Waals surface area contributed by atoms with Crippen molar-refractivity contribution in [2.24, 2.45) is 0 Å². The van der Waals surface area contributed by atoms with Gasteiger partial charge in [0.05, 0.1) is 16.6 Å². The molecule has 0 aliphatic carbocycles. The minimum Gasteiger partial charge on any atom is -0.370 e. The normalized spacial score (nSPS) is 10.7. The second-order valence-corrected chi connectivity index (χ2v) is 4.86. The molecule has 3 aromatic rings. The number of hydrogen-bond donors (Lipinski definition) is 1. The average Bonchev–Trinajstić information content (AvgIpc) is 2.95. The van der Waals surface area contributed by atoms with Crippen LogP contribution in [0, 0.1) is 10.1 Å². The van der Waals surface area contributed by atoms with Gasteiger partial charge in [-0.1, -0.05) is 6.07 Å². The van der Waals surface area contributed by atoms with E-state index in [-0.39, 0.29) is 5.69 Å². The maximum atomic E-state index is 10.8. The molecule has 0 radical (unpaired) electrons. The van der Waals surface area contributed by atoms with Crippen LogP contribution in [0.5, 0.6) is 0 Å². The van der Waals surface area contributed by atoms with E-state index >= 15 is 0 Å². The van der Waals surface area contributed by atoms with Crippen LogP contribution in [-0.2, 0) is 6.54 Å². The van der Waals surface area contributed by atoms with Gasteiger partial charge in [-0.05, 0) is 24.6 Å². The zero-order valence-corrected chi connectivity index (χ0v) is 11.8. The van der Waals surface area contributed by atoms with Crippen LogP contribution < -0.4 is 5.32 Å². The number of nitro benzene ring substituents is 1. The van der Waals surface area contributed by atoms with E-state index in [2.05, 4.69) is 15.4 Å². The largest absolute Gasteiger partial charge is 0.370 e. The Morgan fingerprint density at radius 2 is 2.18 bits per heavy atom. The monoisotopic (exact) mass is 297 g/mol. The van der Waals surface area contributed by atoms with Gasteiger partial charge in [-0.3, -0.25) is 14.8 Å². The van der Waals surface area contributed by atoms with E-state index in [9.17, 15) is 10.1 Å². The van der Waals surface area contributed by atoms with E-state index in [1.807, 2.05) is 22.9 Å². The third-order valence-corrected chi connectivity index (χ3v) is 3.35. The molecule has 0 unspecified atom stereocenters. The number of nitro groups is 1. The first kappa shape index (κ1) is 14.0. The summed E-state index contributed by atoms with van der Waals surface area (Å²) in [5, 5.41) is 19.1. The van der Waals surface area contributed by atoms with Crippen molar-refractivity contribution in [2.75, 3.05) is 11.9 Å². The first-order valence-electron chi connectivity index (χ1n) is 6.99. The van der Waals surface area contributed by atoms with E-state index in [4.69, 9.17) is 0 Å². The molecule has 3 rings (SSSR count). The Morgan fingerprint density at radius 3 is 2.95 bits per heavy atom. The lowest BCUT2D eigenvalue weighted by Gasteiger charge is -2.06. The summed E-state index contributed by atoms with van der Waals surface area (Å²) in [7, 11) is 0. The molecule has 1 N–H and O–H groups in total. The van der Waals surface area contributed by atoms with E-state index in [0.717, 1.165) is 36.2 Å². The fourth-order valence-electron chi connectivity index (χ4n) is 2.28. The lowest BCUT2D eigenvalue weighted by atomic mass is 10.2. The number of benzene rings is 1. The first-order chi connectivity index (χ1) is 10.7. The van der Waals surface area contributed by atoms with Crippen LogP contribution in [0.4, 0.5) is 11.5 Å². The van der Waals surface area contributed by atoms with Crippen LogP contribution in [0.25, 0.3) is 10.9 Å². The Labute approximate surface area is 126 Å². The molecule has 0 bridgehead atoms. The number of fused-ring (bicyclic) bond motifs is 1. The van der Waals surface area contributed by atoms with Gasteiger partial charge < -0.3 is 5.32 Å². The van der Waals surface area contributed by atoms with E-state index in [0.29, 0.717) is 0 Å². The van der Waals surface area contributed by atoms with Crippen molar-refractivity contribution in [2.45, 2.75) is 13.0 Å². The van der Waals surface area contributed by atoms with Crippen molar-refractivity contribution in [3.8, 4) is 0 Å². The summed E-state index contributed by atoms with van der Waals surface area (Å²) in [5.41, 5.74) is 0.993. The maximum Gasteiger partial charge on any atom is 0.270 e. The minimum absolute atomic E-state index is 0.0869. The van der Waals surface area contributed by atoms with Gasteiger partial charge in [0.1, 0.15) is 5.82 Å². The third-order valence-electron chi connectivity index (χ3n) is 3.35. The van der Waals surface area contributed by atoms with E-state index in [1.165, 1.54) is 6.07 Å². The third kappa shape index (κ3) is 3.03. The molecule has 0 aliphatic heterocycles. The fraction of sp³-hybridized carbons (Fsp3) is 0.200. The SMILES string of the molecule is O=[N+]([O-])c1ccc2c(cnn2CCCNc2ccccn2)c1. The molecular weight excluding hydrogens is 282 g/mol. The molecule has 22 heavy (non-hydrogen) atoms. The Kier molecular flexibility index (Phi) is 3.95. The Balaban J connectivity index is 1.61. The number of nitrogens with zero attached hydrogens (tertiary/aromatic N) is 4. The quantitative estimate of drug-likeness (QED) is 0.429. The molecule has 0 saturated carbocycles. The number of non-ortho nitro benzene ring substituents is 1. The Bertz CT molecular complexity index is 785. The summed E-state index contributed by atoms with van der Waals surface area (Å²) < 4.78 is 1.86. The second-order valence-electron chi connectivity index (χ2n) is 4.86. The van der Waals surface area contributed by atoms with E-state index < -0.39 is 4.92 Å². The number of pyridine rings is 1. The van der Waals surface area contributed by atoms with Gasteiger partial charge in [0.25, 0.3) is 5.69 Å². The van der Waals surface area contributed by atoms with Gasteiger partial charge >= 0.3 is 0 Å². The van der Waals surface area contributed by atoms with Crippen molar-refractivity contribution in [3.05, 3.63) is 58.9 Å². The predicted molar refractivity (Wildman–Crippen MR) is 83.7 cm³/mol.